The van der Waals surface area contributed by atoms with Gasteiger partial charge in [-0.2, -0.15) is 0 Å². The third-order valence-corrected chi connectivity index (χ3v) is 5.65. The highest BCUT2D eigenvalue weighted by Crippen LogP contribution is 2.33. The summed E-state index contributed by atoms with van der Waals surface area (Å²) in [5, 5.41) is 15.8. The number of thiophene rings is 2. The summed E-state index contributed by atoms with van der Waals surface area (Å²) in [6.07, 6.45) is 3.06. The Morgan fingerprint density at radius 2 is 2.14 bits per heavy atom. The average molecular weight is 321 g/mol. The minimum absolute atomic E-state index is 0.145. The van der Waals surface area contributed by atoms with E-state index in [1.165, 1.54) is 22.3 Å². The van der Waals surface area contributed by atoms with E-state index >= 15 is 0 Å². The van der Waals surface area contributed by atoms with Gasteiger partial charge in [0.2, 0.25) is 0 Å². The summed E-state index contributed by atoms with van der Waals surface area (Å²) < 4.78 is 0. The van der Waals surface area contributed by atoms with Crippen molar-refractivity contribution >= 4 is 39.6 Å². The number of carboxylic acid groups (broad SMARTS) is 1. The van der Waals surface area contributed by atoms with Gasteiger partial charge in [0.25, 0.3) is 5.91 Å². The minimum Gasteiger partial charge on any atom is -0.478 e. The molecule has 1 amide bonds. The molecule has 1 atom stereocenters. The molecule has 2 heterocycles. The number of fused-ring (bicyclic) bond motifs is 1. The first-order valence-electron chi connectivity index (χ1n) is 6.77. The maximum Gasteiger partial charge on any atom is 0.338 e. The summed E-state index contributed by atoms with van der Waals surface area (Å²) >= 11 is 2.87. The maximum atomic E-state index is 12.4. The molecule has 0 radical (unpaired) electrons. The van der Waals surface area contributed by atoms with Crippen LogP contribution in [0, 0.1) is 5.92 Å². The summed E-state index contributed by atoms with van der Waals surface area (Å²) in [4.78, 5) is 24.8. The van der Waals surface area contributed by atoms with Crippen LogP contribution in [-0.2, 0) is 12.8 Å². The molecule has 3 rings (SSSR count). The molecule has 0 aliphatic heterocycles. The van der Waals surface area contributed by atoms with Crippen molar-refractivity contribution in [3.8, 4) is 0 Å². The molecule has 110 valence electrons. The Morgan fingerprint density at radius 3 is 2.90 bits per heavy atom. The smallest absolute Gasteiger partial charge is 0.338 e. The molecule has 2 aromatic heterocycles. The van der Waals surface area contributed by atoms with Gasteiger partial charge in [-0.15, -0.1) is 22.7 Å². The summed E-state index contributed by atoms with van der Waals surface area (Å²) in [5.74, 6) is -0.553. The number of rotatable bonds is 3. The number of carbonyl (C=O) groups is 2. The molecule has 0 bridgehead atoms. The van der Waals surface area contributed by atoms with Crippen LogP contribution in [0.15, 0.2) is 16.8 Å². The Bertz CT molecular complexity index is 702. The first-order chi connectivity index (χ1) is 10.1. The van der Waals surface area contributed by atoms with Crippen molar-refractivity contribution < 1.29 is 14.7 Å². The lowest BCUT2D eigenvalue weighted by atomic mass is 9.88. The fourth-order valence-electron chi connectivity index (χ4n) is 2.61. The molecule has 6 heteroatoms. The van der Waals surface area contributed by atoms with Gasteiger partial charge in [-0.1, -0.05) is 6.92 Å². The highest BCUT2D eigenvalue weighted by molar-refractivity contribution is 7.14. The van der Waals surface area contributed by atoms with Crippen LogP contribution in [0.5, 0.6) is 0 Å². The van der Waals surface area contributed by atoms with E-state index in [1.807, 2.05) is 5.38 Å². The first kappa shape index (κ1) is 14.3. The van der Waals surface area contributed by atoms with Gasteiger partial charge in [0.1, 0.15) is 5.00 Å². The molecule has 2 aromatic rings. The summed E-state index contributed by atoms with van der Waals surface area (Å²) in [7, 11) is 0. The summed E-state index contributed by atoms with van der Waals surface area (Å²) in [5.41, 5.74) is 1.99. The highest BCUT2D eigenvalue weighted by Gasteiger charge is 2.24. The van der Waals surface area contributed by atoms with Crippen molar-refractivity contribution in [2.24, 2.45) is 5.92 Å². The van der Waals surface area contributed by atoms with E-state index in [1.54, 1.807) is 16.7 Å². The van der Waals surface area contributed by atoms with E-state index in [4.69, 9.17) is 5.11 Å². The van der Waals surface area contributed by atoms with Gasteiger partial charge < -0.3 is 10.4 Å². The molecule has 1 unspecified atom stereocenters. The van der Waals surface area contributed by atoms with E-state index in [0.29, 0.717) is 16.5 Å². The van der Waals surface area contributed by atoms with Crippen molar-refractivity contribution in [1.29, 1.82) is 0 Å². The fourth-order valence-corrected chi connectivity index (χ4v) is 4.63. The van der Waals surface area contributed by atoms with Crippen LogP contribution in [0.1, 0.15) is 44.5 Å². The zero-order chi connectivity index (χ0) is 15.0. The Morgan fingerprint density at radius 1 is 1.33 bits per heavy atom. The standard InChI is InChI=1S/C15H15NO3S2/c1-8-2-3-9-11(7-21-12(9)6-8)13(17)16-14-10(15(18)19)4-5-20-14/h4-5,7-8H,2-3,6H2,1H3,(H,16,17)(H,18,19). The SMILES string of the molecule is CC1CCc2c(C(=O)Nc3sccc3C(=O)O)csc2C1. The number of hydrogen-bond acceptors (Lipinski definition) is 4. The van der Waals surface area contributed by atoms with Crippen LogP contribution in [0.2, 0.25) is 0 Å². The molecule has 4 nitrogen and oxygen atoms in total. The number of nitrogens with one attached hydrogen (secondary N) is 1. The lowest BCUT2D eigenvalue weighted by molar-refractivity contribution is 0.0698. The zero-order valence-corrected chi connectivity index (χ0v) is 13.1. The highest BCUT2D eigenvalue weighted by atomic mass is 32.1. The molecule has 0 fully saturated rings. The largest absolute Gasteiger partial charge is 0.478 e. The van der Waals surface area contributed by atoms with Gasteiger partial charge in [0.15, 0.2) is 0 Å². The first-order valence-corrected chi connectivity index (χ1v) is 8.53. The van der Waals surface area contributed by atoms with Crippen molar-refractivity contribution in [3.63, 3.8) is 0 Å². The maximum absolute atomic E-state index is 12.4. The van der Waals surface area contributed by atoms with Crippen LogP contribution in [0.4, 0.5) is 5.00 Å². The van der Waals surface area contributed by atoms with Crippen LogP contribution < -0.4 is 5.32 Å². The van der Waals surface area contributed by atoms with E-state index in [9.17, 15) is 9.59 Å². The number of carbonyl (C=O) groups excluding carboxylic acids is 1. The third-order valence-electron chi connectivity index (χ3n) is 3.77. The summed E-state index contributed by atoms with van der Waals surface area (Å²) in [6.45, 7) is 2.23. The van der Waals surface area contributed by atoms with Crippen molar-refractivity contribution in [3.05, 3.63) is 38.4 Å². The Hall–Kier alpha value is -1.66. The topological polar surface area (TPSA) is 66.4 Å². The lowest BCUT2D eigenvalue weighted by Crippen LogP contribution is -2.17. The quantitative estimate of drug-likeness (QED) is 0.901. The second-order valence-electron chi connectivity index (χ2n) is 5.32. The fraction of sp³-hybridized carbons (Fsp3) is 0.333. The molecular formula is C15H15NO3S2. The molecule has 1 aliphatic carbocycles. The normalized spacial score (nSPS) is 17.3. The van der Waals surface area contributed by atoms with E-state index < -0.39 is 5.97 Å². The Kier molecular flexibility index (Phi) is 3.82. The molecule has 21 heavy (non-hydrogen) atoms. The van der Waals surface area contributed by atoms with Crippen LogP contribution in [0.3, 0.4) is 0 Å². The number of anilines is 1. The molecule has 2 N–H and O–H groups in total. The summed E-state index contributed by atoms with van der Waals surface area (Å²) in [6, 6.07) is 1.51. The molecular weight excluding hydrogens is 306 g/mol. The zero-order valence-electron chi connectivity index (χ0n) is 11.5. The van der Waals surface area contributed by atoms with Gasteiger partial charge in [0.05, 0.1) is 11.1 Å². The number of aromatic carboxylic acids is 1. The Labute approximate surface area is 130 Å². The second-order valence-corrected chi connectivity index (χ2v) is 7.20. The van der Waals surface area contributed by atoms with Gasteiger partial charge in [-0.25, -0.2) is 4.79 Å². The number of hydrogen-bond donors (Lipinski definition) is 2. The van der Waals surface area contributed by atoms with E-state index in [-0.39, 0.29) is 11.5 Å². The van der Waals surface area contributed by atoms with E-state index in [2.05, 4.69) is 12.2 Å². The molecule has 1 aliphatic rings. The monoisotopic (exact) mass is 321 g/mol. The number of carboxylic acids is 1. The molecule has 0 saturated carbocycles. The van der Waals surface area contributed by atoms with Crippen molar-refractivity contribution in [2.75, 3.05) is 5.32 Å². The molecule has 0 aromatic carbocycles. The van der Waals surface area contributed by atoms with Gasteiger partial charge in [-0.05, 0) is 42.2 Å². The lowest BCUT2D eigenvalue weighted by Gasteiger charge is -2.18. The Balaban J connectivity index is 1.83. The van der Waals surface area contributed by atoms with Crippen molar-refractivity contribution in [1.82, 2.24) is 0 Å². The average Bonchev–Trinajstić information content (AvgIpc) is 3.04. The number of amides is 1. The van der Waals surface area contributed by atoms with E-state index in [0.717, 1.165) is 24.8 Å². The van der Waals surface area contributed by atoms with Gasteiger partial charge >= 0.3 is 5.97 Å². The van der Waals surface area contributed by atoms with Gasteiger partial charge in [0, 0.05) is 10.3 Å². The predicted octanol–water partition coefficient (Wildman–Crippen LogP) is 3.88. The predicted molar refractivity (Wildman–Crippen MR) is 84.7 cm³/mol. The third kappa shape index (κ3) is 2.73. The van der Waals surface area contributed by atoms with Crippen LogP contribution in [-0.4, -0.2) is 17.0 Å². The molecule has 0 spiro atoms. The molecule has 0 saturated heterocycles. The van der Waals surface area contributed by atoms with Crippen LogP contribution >= 0.6 is 22.7 Å². The minimum atomic E-state index is -1.02. The van der Waals surface area contributed by atoms with Crippen LogP contribution in [0.25, 0.3) is 0 Å². The van der Waals surface area contributed by atoms with Crippen molar-refractivity contribution in [2.45, 2.75) is 26.2 Å². The van der Waals surface area contributed by atoms with Gasteiger partial charge in [-0.3, -0.25) is 4.79 Å². The second kappa shape index (κ2) is 5.61.